The zero-order chi connectivity index (χ0) is 67.0. The topological polar surface area (TPSA) is 102 Å². The third kappa shape index (κ3) is 13.4. The maximum absolute atomic E-state index is 12.4. The Morgan fingerprint density at radius 1 is 0.532 bits per heavy atom. The first-order valence-corrected chi connectivity index (χ1v) is 38.3. The van der Waals surface area contributed by atoms with E-state index < -0.39 is 5.60 Å². The van der Waals surface area contributed by atoms with E-state index in [1.807, 2.05) is 30.3 Å². The summed E-state index contributed by atoms with van der Waals surface area (Å²) < 4.78 is 37.8. The molecule has 3 radical (unpaired) electrons. The summed E-state index contributed by atoms with van der Waals surface area (Å²) in [6.07, 6.45) is 31.3. The number of fused-ring (bicyclic) bond motifs is 20. The first-order chi connectivity index (χ1) is 45.9. The third-order valence-corrected chi connectivity index (χ3v) is 28.6. The number of alkyl halides is 1. The fourth-order valence-electron chi connectivity index (χ4n) is 22.8. The van der Waals surface area contributed by atoms with Crippen LogP contribution in [0.25, 0.3) is 0 Å². The van der Waals surface area contributed by atoms with Gasteiger partial charge in [-0.1, -0.05) is 85.6 Å². The number of aromatic hydroxyl groups is 1. The Balaban J connectivity index is 0.000000139. The number of rotatable bonds is 11. The van der Waals surface area contributed by atoms with Crippen LogP contribution in [0.15, 0.2) is 104 Å². The second-order valence-corrected chi connectivity index (χ2v) is 32.2. The van der Waals surface area contributed by atoms with Crippen molar-refractivity contribution in [2.24, 2.45) is 69.0 Å². The van der Waals surface area contributed by atoms with Crippen molar-refractivity contribution in [3.63, 3.8) is 0 Å². The van der Waals surface area contributed by atoms with E-state index in [1.165, 1.54) is 118 Å². The molecule has 16 heteroatoms. The van der Waals surface area contributed by atoms with Gasteiger partial charge < -0.3 is 46.3 Å². The van der Waals surface area contributed by atoms with Gasteiger partial charge in [-0.3, -0.25) is 16.2 Å². The van der Waals surface area contributed by atoms with Gasteiger partial charge >= 0.3 is 23.1 Å². The number of allylic oxidation sites excluding steroid dienone is 2. The SMILES string of the molecule is CC12CCC3c4ccc(O)cc4CCC3C1CCC2=O.[3H][B]SOc1ccc2c(c1)CCC1C2CCC2(C)/C(=C/CBr)CCC12.[3H][B]SOc1ccc2c(c1)CCC1C2CCC2(C)C(=O)CCC12.[3H][B]SOc1ccc2c(c1)CCC1C2CCC2(C)C1CC[C@@]2(O)C=C.[Br-].[CH-]=C.[Mg+2]. The number of halogens is 2. The molecular formula is C78H98B3Br2MgO7S3. The number of phenols is 1. The van der Waals surface area contributed by atoms with Crippen LogP contribution in [0, 0.1) is 75.6 Å². The van der Waals surface area contributed by atoms with E-state index in [-0.39, 0.29) is 56.3 Å². The molecule has 2 N–H and O–H groups in total. The van der Waals surface area contributed by atoms with Gasteiger partial charge in [0.2, 0.25) is 21.3 Å². The zero-order valence-electron chi connectivity index (χ0n) is 59.0. The molecule has 0 saturated heterocycles. The molecule has 0 bridgehead atoms. The van der Waals surface area contributed by atoms with Crippen molar-refractivity contribution in [1.82, 2.24) is 0 Å². The predicted molar refractivity (Wildman–Crippen MR) is 395 cm³/mol. The van der Waals surface area contributed by atoms with Crippen LogP contribution in [0.4, 0.5) is 0 Å². The molecule has 12 aliphatic carbocycles. The van der Waals surface area contributed by atoms with Crippen LogP contribution in [-0.4, -0.2) is 81.0 Å². The van der Waals surface area contributed by atoms with E-state index in [9.17, 15) is 19.8 Å². The number of aliphatic hydroxyl groups is 1. The van der Waals surface area contributed by atoms with Gasteiger partial charge in [0.05, 0.1) is 5.60 Å². The summed E-state index contributed by atoms with van der Waals surface area (Å²) in [6, 6.07) is 25.4. The van der Waals surface area contributed by atoms with Crippen LogP contribution in [0.5, 0.6) is 23.0 Å². The molecule has 0 spiro atoms. The number of hydrogen-bond donors (Lipinski definition) is 2. The Labute approximate surface area is 618 Å². The molecule has 4 aromatic rings. The fraction of sp³-hybridized carbons (Fsp3) is 0.590. The summed E-state index contributed by atoms with van der Waals surface area (Å²) in [5.74, 6) is 12.0. The van der Waals surface area contributed by atoms with Crippen molar-refractivity contribution >= 4 is 107 Å². The summed E-state index contributed by atoms with van der Waals surface area (Å²) in [6.45, 7) is 20.2. The number of benzene rings is 4. The predicted octanol–water partition coefficient (Wildman–Crippen LogP) is 15.0. The summed E-state index contributed by atoms with van der Waals surface area (Å²) in [5, 5.41) is 21.8. The first-order valence-electron chi connectivity index (χ1n) is 36.5. The third-order valence-electron chi connectivity index (χ3n) is 27.4. The van der Waals surface area contributed by atoms with Crippen molar-refractivity contribution in [3.05, 3.63) is 155 Å². The summed E-state index contributed by atoms with van der Waals surface area (Å²) in [4.78, 5) is 24.6. The molecule has 8 saturated carbocycles. The molecule has 0 aliphatic heterocycles. The second kappa shape index (κ2) is 30.8. The summed E-state index contributed by atoms with van der Waals surface area (Å²) in [7, 11) is 3.64. The standard InChI is InChI=1S/C20H25BBrOS.C20H26BO2S.C18H22BO2S.C18H22O2.C2H3.BrH.Mg/c1-20-10-8-17-16-6-4-15(23-24-21)12-13(16)2-5-18(17)19(20)7-3-14(20)9-11-22;1-3-20(22)11-9-18-17-6-4-13-12-14(23-24-21)5-7-15(13)16(17)8-10-19(18,20)2;1-18-9-8-14-13-5-3-12(21-22-19)10-11(13)2-4-15(14)16(18)6-7-17(18)20;1-18-9-8-14-13-5-3-12(19)10-11(13)2-4-15(14)16(18)6-7-17(18)20;1-2;;/h4,6,9,12,17-19,21H,2-3,5,7-8,10-11H2,1H3;3,5,7,12,16-18,21-22H,1,4,6,8-11H2,2H3;3,5,10,14-16,19H,2,4,6-9H2,1H3;3,5,10,14-16,19H,2,4,6-9H2,1H3;1H,2H2;1H;/q;;;;-1;;+2/p-1/b14-9+;;;;;;/t;16?,17?,18?,19?,20-;;;;;/m.0...../s1/i2*21T;19T;;;;. The molecule has 7 nitrogen and oxygen atoms in total. The van der Waals surface area contributed by atoms with E-state index in [4.69, 9.17) is 16.6 Å². The van der Waals surface area contributed by atoms with E-state index >= 15 is 0 Å². The van der Waals surface area contributed by atoms with Gasteiger partial charge in [0.25, 0.3) is 0 Å². The molecule has 16 rings (SSSR count). The molecule has 17 atom stereocenters. The maximum Gasteiger partial charge on any atom is 2.00 e. The van der Waals surface area contributed by atoms with Gasteiger partial charge in [-0.2, -0.15) is 0 Å². The number of phenolic OH excluding ortho intramolecular Hbond substituents is 1. The van der Waals surface area contributed by atoms with Gasteiger partial charge in [-0.25, -0.2) is 0 Å². The van der Waals surface area contributed by atoms with E-state index in [2.05, 4.69) is 118 Å². The van der Waals surface area contributed by atoms with E-state index in [0.717, 1.165) is 172 Å². The van der Waals surface area contributed by atoms with Gasteiger partial charge in [0.1, 0.15) is 34.6 Å². The maximum atomic E-state index is 12.4. The number of aryl methyl sites for hydroxylation is 4. The number of carbonyl (C=O) groups excluding carboxylic acids is 2. The van der Waals surface area contributed by atoms with Crippen molar-refractivity contribution in [1.29, 1.82) is 4.01 Å². The minimum absolute atomic E-state index is 0. The Hall–Kier alpha value is -2.43. The van der Waals surface area contributed by atoms with Gasteiger partial charge in [0, 0.05) is 34.4 Å². The smallest absolute Gasteiger partial charge is 1.00 e. The molecule has 495 valence electrons. The molecule has 0 amide bonds. The Morgan fingerprint density at radius 2 is 0.904 bits per heavy atom. The minimum Gasteiger partial charge on any atom is -1.00 e. The monoisotopic (exact) mass is 1460 g/mol. The van der Waals surface area contributed by atoms with Gasteiger partial charge in [-0.15, -0.1) is 6.58 Å². The summed E-state index contributed by atoms with van der Waals surface area (Å²) in [5.41, 5.74) is 13.0. The van der Waals surface area contributed by atoms with Crippen LogP contribution in [-0.2, 0) is 35.3 Å². The van der Waals surface area contributed by atoms with Crippen molar-refractivity contribution in [2.45, 2.75) is 211 Å². The quantitative estimate of drug-likeness (QED) is 0.0496. The normalized spacial score (nSPS) is 36.7. The number of Topliss-reactive ketones (excluding diaryl/α,β-unsaturated/α-hetero) is 2. The molecule has 0 heterocycles. The van der Waals surface area contributed by atoms with Crippen molar-refractivity contribution in [3.8, 4) is 23.0 Å². The first kappa shape index (κ1) is 70.0. The van der Waals surface area contributed by atoms with E-state index in [0.29, 0.717) is 76.0 Å². The molecule has 12 aliphatic rings. The summed E-state index contributed by atoms with van der Waals surface area (Å²) >= 11 is 6.80. The van der Waals surface area contributed by atoms with Crippen molar-refractivity contribution < 1.29 is 49.3 Å². The Bertz CT molecular complexity index is 3510. The number of carbonyl (C=O) groups is 2. The minimum atomic E-state index is -0.690. The van der Waals surface area contributed by atoms with Gasteiger partial charge in [-0.05, 0) is 350 Å². The molecule has 16 unspecified atom stereocenters. The number of ketones is 2. The molecule has 8 fully saturated rings. The Kier molecular flexibility index (Phi) is 23.0. The number of hydrogen-bond acceptors (Lipinski definition) is 10. The average molecular weight is 1470 g/mol. The zero-order valence-corrected chi connectivity index (χ0v) is 63.1. The van der Waals surface area contributed by atoms with Crippen LogP contribution >= 0.6 is 51.6 Å². The van der Waals surface area contributed by atoms with Crippen LogP contribution < -0.4 is 29.5 Å². The molecule has 4 aromatic carbocycles. The largest absolute Gasteiger partial charge is 2.00 e. The molecule has 0 aromatic heterocycles. The van der Waals surface area contributed by atoms with Crippen LogP contribution in [0.2, 0.25) is 0 Å². The average Bonchev–Trinajstić information content (AvgIpc) is 1.65. The molecule has 94 heavy (non-hydrogen) atoms. The van der Waals surface area contributed by atoms with Crippen LogP contribution in [0.1, 0.15) is 224 Å². The van der Waals surface area contributed by atoms with Crippen molar-refractivity contribution in [2.75, 3.05) is 5.33 Å². The second-order valence-electron chi connectivity index (χ2n) is 30.5. The molecular weight excluding hydrogens is 1360 g/mol. The van der Waals surface area contributed by atoms with Crippen LogP contribution in [0.3, 0.4) is 0 Å². The van der Waals surface area contributed by atoms with Gasteiger partial charge in [0.15, 0.2) is 0 Å². The fourth-order valence-corrected chi connectivity index (χ4v) is 23.8. The van der Waals surface area contributed by atoms with E-state index in [1.54, 1.807) is 11.1 Å². The Morgan fingerprint density at radius 3 is 1.32 bits per heavy atom.